The normalized spacial score (nSPS) is 28.4. The molecular weight excluding hydrogens is 170 g/mol. The number of allylic oxidation sites excluding steroid dienone is 4. The van der Waals surface area contributed by atoms with E-state index in [1.807, 2.05) is 24.3 Å². The van der Waals surface area contributed by atoms with Gasteiger partial charge >= 0.3 is 0 Å². The molecule has 2 unspecified atom stereocenters. The number of rotatable bonds is 0. The summed E-state index contributed by atoms with van der Waals surface area (Å²) < 4.78 is 7.95. The number of hydrogen-bond acceptors (Lipinski definition) is 1. The van der Waals surface area contributed by atoms with Crippen LogP contribution in [0.1, 0.15) is 24.3 Å². The molecular formula is C13H9N. The van der Waals surface area contributed by atoms with E-state index in [1.54, 1.807) is 0 Å². The van der Waals surface area contributed by atoms with Gasteiger partial charge in [0.25, 0.3) is 0 Å². The van der Waals surface area contributed by atoms with Gasteiger partial charge in [0.15, 0.2) is 0 Å². The highest BCUT2D eigenvalue weighted by Gasteiger charge is 2.29. The first-order valence-corrected chi connectivity index (χ1v) is 4.71. The molecule has 1 nitrogen and oxygen atoms in total. The Bertz CT molecular complexity index is 534. The lowest BCUT2D eigenvalue weighted by Gasteiger charge is -2.30. The Hall–Kier alpha value is -1.81. The monoisotopic (exact) mass is 180 g/mol. The molecule has 0 spiro atoms. The van der Waals surface area contributed by atoms with E-state index in [2.05, 4.69) is 18.2 Å². The first-order chi connectivity index (χ1) is 7.33. The summed E-state index contributed by atoms with van der Waals surface area (Å²) in [6.07, 6.45) is 4.08. The third-order valence-electron chi connectivity index (χ3n) is 2.90. The van der Waals surface area contributed by atoms with Crippen molar-refractivity contribution in [3.05, 3.63) is 59.2 Å². The van der Waals surface area contributed by atoms with Crippen LogP contribution in [0.2, 0.25) is 0 Å². The molecule has 3 aliphatic carbocycles. The highest BCUT2D eigenvalue weighted by Crippen LogP contribution is 2.43. The molecule has 0 heterocycles. The highest BCUT2D eigenvalue weighted by atomic mass is 14.3. The van der Waals surface area contributed by atoms with Crippen molar-refractivity contribution in [3.8, 4) is 6.07 Å². The van der Waals surface area contributed by atoms with E-state index in [4.69, 9.17) is 6.63 Å². The molecule has 1 aromatic carbocycles. The second-order valence-corrected chi connectivity index (χ2v) is 3.64. The predicted octanol–water partition coefficient (Wildman–Crippen LogP) is 2.89. The van der Waals surface area contributed by atoms with E-state index in [0.717, 1.165) is 0 Å². The van der Waals surface area contributed by atoms with Crippen LogP contribution in [0.15, 0.2) is 48.0 Å². The van der Waals surface area contributed by atoms with Crippen molar-refractivity contribution >= 4 is 0 Å². The van der Waals surface area contributed by atoms with E-state index < -0.39 is 0 Å². The molecule has 0 N–H and O–H groups in total. The number of nitrogens with zero attached hydrogens (tertiary/aromatic N) is 1. The molecule has 66 valence electrons. The van der Waals surface area contributed by atoms with E-state index in [9.17, 15) is 0 Å². The van der Waals surface area contributed by atoms with Crippen LogP contribution in [-0.2, 0) is 0 Å². The first kappa shape index (κ1) is 6.62. The first-order valence-electron chi connectivity index (χ1n) is 5.21. The van der Waals surface area contributed by atoms with E-state index in [1.165, 1.54) is 11.1 Å². The van der Waals surface area contributed by atoms with Gasteiger partial charge in [-0.05, 0) is 11.1 Å². The molecule has 0 saturated heterocycles. The van der Waals surface area contributed by atoms with Crippen LogP contribution in [0, 0.1) is 11.3 Å². The summed E-state index contributed by atoms with van der Waals surface area (Å²) in [4.78, 5) is 0. The summed E-state index contributed by atoms with van der Waals surface area (Å²) in [6.45, 7) is 0. The molecule has 1 aromatic rings. The number of nitriles is 1. The maximum Gasteiger partial charge on any atom is 0.0954 e. The Kier molecular flexibility index (Phi) is 1.22. The van der Waals surface area contributed by atoms with Gasteiger partial charge in [-0.1, -0.05) is 42.5 Å². The second kappa shape index (κ2) is 2.59. The van der Waals surface area contributed by atoms with Crippen molar-refractivity contribution in [1.82, 2.24) is 0 Å². The molecule has 0 saturated carbocycles. The van der Waals surface area contributed by atoms with E-state index in [-0.39, 0.29) is 11.8 Å². The summed E-state index contributed by atoms with van der Waals surface area (Å²) in [6, 6.07) is 10.7. The summed E-state index contributed by atoms with van der Waals surface area (Å²) in [5.41, 5.74) is 2.99. The van der Waals surface area contributed by atoms with Gasteiger partial charge in [0.2, 0.25) is 0 Å². The van der Waals surface area contributed by atoms with Gasteiger partial charge in [-0.15, -0.1) is 0 Å². The van der Waals surface area contributed by atoms with Crippen LogP contribution in [-0.4, -0.2) is 0 Å². The molecule has 3 aliphatic rings. The molecule has 1 heteroatoms. The van der Waals surface area contributed by atoms with Crippen LogP contribution < -0.4 is 0 Å². The van der Waals surface area contributed by atoms with Gasteiger partial charge in [0.1, 0.15) is 0 Å². The maximum absolute atomic E-state index is 9.05. The molecule has 0 radical (unpaired) electrons. The summed E-state index contributed by atoms with van der Waals surface area (Å²) in [5.74, 6) is 0.0181. The van der Waals surface area contributed by atoms with Crippen molar-refractivity contribution in [3.63, 3.8) is 0 Å². The Morgan fingerprint density at radius 2 is 2.00 bits per heavy atom. The van der Waals surface area contributed by atoms with Crippen molar-refractivity contribution in [2.75, 3.05) is 0 Å². The van der Waals surface area contributed by atoms with Gasteiger partial charge < -0.3 is 0 Å². The maximum atomic E-state index is 9.05. The third kappa shape index (κ3) is 0.831. The fraction of sp³-hybridized carbons (Fsp3) is 0.154. The minimum Gasteiger partial charge on any atom is -0.193 e. The van der Waals surface area contributed by atoms with Crippen molar-refractivity contribution in [2.24, 2.45) is 0 Å². The lowest BCUT2D eigenvalue weighted by atomic mass is 9.73. The quantitative estimate of drug-likeness (QED) is 0.563. The van der Waals surface area contributed by atoms with Crippen LogP contribution >= 0.6 is 0 Å². The topological polar surface area (TPSA) is 23.8 Å². The molecule has 0 aromatic heterocycles. The zero-order valence-corrected chi connectivity index (χ0v) is 7.57. The number of hydrogen-bond donors (Lipinski definition) is 0. The Morgan fingerprint density at radius 1 is 1.21 bits per heavy atom. The van der Waals surface area contributed by atoms with Gasteiger partial charge in [-0.2, -0.15) is 5.26 Å². The highest BCUT2D eigenvalue weighted by molar-refractivity contribution is 5.56. The zero-order valence-electron chi connectivity index (χ0n) is 8.57. The van der Waals surface area contributed by atoms with E-state index in [0.29, 0.717) is 11.6 Å². The van der Waals surface area contributed by atoms with Crippen LogP contribution in [0.3, 0.4) is 0 Å². The van der Waals surface area contributed by atoms with Gasteiger partial charge in [0, 0.05) is 17.4 Å². The van der Waals surface area contributed by atoms with Crippen molar-refractivity contribution in [1.29, 1.82) is 5.26 Å². The van der Waals surface area contributed by atoms with Crippen LogP contribution in [0.4, 0.5) is 0 Å². The summed E-state index contributed by atoms with van der Waals surface area (Å²) in [5, 5.41) is 9.05. The molecule has 2 atom stereocenters. The summed E-state index contributed by atoms with van der Waals surface area (Å²) >= 11 is 0. The van der Waals surface area contributed by atoms with Crippen LogP contribution in [0.25, 0.3) is 0 Å². The SMILES string of the molecule is [2H]C1=C(C#N)C2C=CC1c1ccccc12. The fourth-order valence-electron chi connectivity index (χ4n) is 2.24. The molecule has 0 amide bonds. The molecule has 4 rings (SSSR count). The fourth-order valence-corrected chi connectivity index (χ4v) is 2.24. The van der Waals surface area contributed by atoms with Crippen molar-refractivity contribution < 1.29 is 1.37 Å². The average molecular weight is 180 g/mol. The Labute approximate surface area is 84.4 Å². The Balaban J connectivity index is 2.28. The molecule has 2 bridgehead atoms. The zero-order chi connectivity index (χ0) is 10.4. The van der Waals surface area contributed by atoms with Crippen molar-refractivity contribution in [2.45, 2.75) is 11.8 Å². The molecule has 14 heavy (non-hydrogen) atoms. The van der Waals surface area contributed by atoms with E-state index >= 15 is 0 Å². The Morgan fingerprint density at radius 3 is 2.79 bits per heavy atom. The standard InChI is InChI=1S/C13H9N/c14-8-10-7-9-5-6-12(10)13-4-2-1-3-11(9)13/h1-7,9,12H/i7D. The lowest BCUT2D eigenvalue weighted by Crippen LogP contribution is -2.15. The smallest absolute Gasteiger partial charge is 0.0954 e. The minimum atomic E-state index is 0.000787. The van der Waals surface area contributed by atoms with Crippen LogP contribution in [0.5, 0.6) is 0 Å². The van der Waals surface area contributed by atoms with Gasteiger partial charge in [-0.25, -0.2) is 0 Å². The van der Waals surface area contributed by atoms with Gasteiger partial charge in [-0.3, -0.25) is 0 Å². The predicted molar refractivity (Wildman–Crippen MR) is 54.8 cm³/mol. The molecule has 0 aliphatic heterocycles. The number of benzene rings is 1. The average Bonchev–Trinajstić information content (AvgIpc) is 2.30. The van der Waals surface area contributed by atoms with Gasteiger partial charge in [0.05, 0.1) is 7.44 Å². The minimum absolute atomic E-state index is 0.000787. The third-order valence-corrected chi connectivity index (χ3v) is 2.90. The lowest BCUT2D eigenvalue weighted by molar-refractivity contribution is 0.849. The second-order valence-electron chi connectivity index (χ2n) is 3.64. The largest absolute Gasteiger partial charge is 0.193 e. The molecule has 0 fully saturated rings. The summed E-state index contributed by atoms with van der Waals surface area (Å²) in [7, 11) is 0.